The number of hydrogen-bond donors (Lipinski definition) is 1. The molecule has 130 valence electrons. The number of benzene rings is 1. The van der Waals surface area contributed by atoms with Crippen LogP contribution >= 0.6 is 11.6 Å². The van der Waals surface area contributed by atoms with Gasteiger partial charge in [-0.2, -0.15) is 0 Å². The van der Waals surface area contributed by atoms with Gasteiger partial charge in [-0.3, -0.25) is 9.69 Å². The highest BCUT2D eigenvalue weighted by atomic mass is 35.5. The van der Waals surface area contributed by atoms with Crippen molar-refractivity contribution in [3.8, 4) is 5.75 Å². The van der Waals surface area contributed by atoms with Crippen molar-refractivity contribution >= 4 is 23.5 Å². The quantitative estimate of drug-likeness (QED) is 0.825. The minimum Gasteiger partial charge on any atom is -0.490 e. The second-order valence-electron chi connectivity index (χ2n) is 6.70. The van der Waals surface area contributed by atoms with E-state index < -0.39 is 5.54 Å². The van der Waals surface area contributed by atoms with Gasteiger partial charge in [-0.15, -0.1) is 0 Å². The second-order valence-corrected chi connectivity index (χ2v) is 7.11. The van der Waals surface area contributed by atoms with Gasteiger partial charge in [-0.25, -0.2) is 4.79 Å². The SMILES string of the molecule is C[C@]1(C2CCCCC2)NC(=O)N(CCOc2ccccc2Cl)C1=O. The molecular formula is C18H23ClN2O3. The van der Waals surface area contributed by atoms with Crippen LogP contribution in [-0.4, -0.2) is 35.5 Å². The number of para-hydroxylation sites is 1. The average molecular weight is 351 g/mol. The molecule has 0 unspecified atom stereocenters. The fourth-order valence-corrected chi connectivity index (χ4v) is 3.87. The summed E-state index contributed by atoms with van der Waals surface area (Å²) in [6.07, 6.45) is 5.45. The molecule has 1 aromatic carbocycles. The lowest BCUT2D eigenvalue weighted by Crippen LogP contribution is -2.51. The van der Waals surface area contributed by atoms with Gasteiger partial charge in [0.2, 0.25) is 0 Å². The molecule has 0 bridgehead atoms. The van der Waals surface area contributed by atoms with Crippen LogP contribution in [0.1, 0.15) is 39.0 Å². The fraction of sp³-hybridized carbons (Fsp3) is 0.556. The fourth-order valence-electron chi connectivity index (χ4n) is 3.68. The molecular weight excluding hydrogens is 328 g/mol. The van der Waals surface area contributed by atoms with Crippen LogP contribution in [0, 0.1) is 5.92 Å². The molecule has 3 rings (SSSR count). The van der Waals surface area contributed by atoms with Gasteiger partial charge in [-0.1, -0.05) is 43.0 Å². The van der Waals surface area contributed by atoms with Crippen molar-refractivity contribution in [3.05, 3.63) is 29.3 Å². The summed E-state index contributed by atoms with van der Waals surface area (Å²) in [6.45, 7) is 2.31. The summed E-state index contributed by atoms with van der Waals surface area (Å²) in [5, 5.41) is 3.43. The van der Waals surface area contributed by atoms with Crippen molar-refractivity contribution < 1.29 is 14.3 Å². The number of ether oxygens (including phenoxy) is 1. The largest absolute Gasteiger partial charge is 0.490 e. The number of imide groups is 1. The standard InChI is InChI=1S/C18H23ClN2O3/c1-18(13-7-3-2-4-8-13)16(22)21(17(23)20-18)11-12-24-15-10-6-5-9-14(15)19/h5-6,9-10,13H,2-4,7-8,11-12H2,1H3,(H,20,23)/t18-/m1/s1. The first kappa shape index (κ1) is 17.1. The number of carbonyl (C=O) groups is 2. The van der Waals surface area contributed by atoms with Crippen molar-refractivity contribution in [2.75, 3.05) is 13.2 Å². The molecule has 1 aromatic rings. The van der Waals surface area contributed by atoms with Crippen molar-refractivity contribution in [2.45, 2.75) is 44.6 Å². The zero-order valence-corrected chi connectivity index (χ0v) is 14.6. The lowest BCUT2D eigenvalue weighted by atomic mass is 9.75. The molecule has 1 heterocycles. The zero-order chi connectivity index (χ0) is 17.2. The van der Waals surface area contributed by atoms with Gasteiger partial charge in [0.25, 0.3) is 5.91 Å². The molecule has 1 saturated carbocycles. The number of halogens is 1. The monoisotopic (exact) mass is 350 g/mol. The molecule has 1 aliphatic heterocycles. The molecule has 0 spiro atoms. The number of carbonyl (C=O) groups excluding carboxylic acids is 2. The maximum Gasteiger partial charge on any atom is 0.325 e. The summed E-state index contributed by atoms with van der Waals surface area (Å²) >= 11 is 6.04. The molecule has 0 radical (unpaired) electrons. The zero-order valence-electron chi connectivity index (χ0n) is 13.9. The lowest BCUT2D eigenvalue weighted by Gasteiger charge is -2.34. The molecule has 1 aliphatic carbocycles. The minimum atomic E-state index is -0.776. The molecule has 24 heavy (non-hydrogen) atoms. The summed E-state index contributed by atoms with van der Waals surface area (Å²) in [6, 6.07) is 6.83. The smallest absolute Gasteiger partial charge is 0.325 e. The summed E-state index contributed by atoms with van der Waals surface area (Å²) in [7, 11) is 0. The summed E-state index contributed by atoms with van der Waals surface area (Å²) in [5.74, 6) is 0.639. The third-order valence-electron chi connectivity index (χ3n) is 5.13. The molecule has 3 amide bonds. The van der Waals surface area contributed by atoms with Crippen LogP contribution < -0.4 is 10.1 Å². The summed E-state index contributed by atoms with van der Waals surface area (Å²) in [5.41, 5.74) is -0.776. The molecule has 1 N–H and O–H groups in total. The van der Waals surface area contributed by atoms with Gasteiger partial charge >= 0.3 is 6.03 Å². The number of hydrogen-bond acceptors (Lipinski definition) is 3. The normalized spacial score (nSPS) is 25.0. The number of rotatable bonds is 5. The molecule has 1 saturated heterocycles. The van der Waals surface area contributed by atoms with Gasteiger partial charge in [0.1, 0.15) is 17.9 Å². The van der Waals surface area contributed by atoms with Crippen molar-refractivity contribution in [1.82, 2.24) is 10.2 Å². The Balaban J connectivity index is 1.61. The predicted octanol–water partition coefficient (Wildman–Crippen LogP) is 3.61. The van der Waals surface area contributed by atoms with Gasteiger partial charge in [-0.05, 0) is 37.8 Å². The Kier molecular flexibility index (Phi) is 4.99. The van der Waals surface area contributed by atoms with Crippen molar-refractivity contribution in [3.63, 3.8) is 0 Å². The maximum atomic E-state index is 12.8. The van der Waals surface area contributed by atoms with Crippen LogP contribution in [-0.2, 0) is 4.79 Å². The molecule has 2 aliphatic rings. The number of nitrogens with one attached hydrogen (secondary N) is 1. The van der Waals surface area contributed by atoms with E-state index in [1.54, 1.807) is 12.1 Å². The highest BCUT2D eigenvalue weighted by Gasteiger charge is 2.52. The Hall–Kier alpha value is -1.75. The van der Waals surface area contributed by atoms with Gasteiger partial charge in [0, 0.05) is 0 Å². The molecule has 0 aromatic heterocycles. The Morgan fingerprint density at radius 3 is 2.67 bits per heavy atom. The van der Waals surface area contributed by atoms with Gasteiger partial charge in [0.05, 0.1) is 11.6 Å². The van der Waals surface area contributed by atoms with E-state index in [4.69, 9.17) is 16.3 Å². The van der Waals surface area contributed by atoms with E-state index in [1.807, 2.05) is 19.1 Å². The minimum absolute atomic E-state index is 0.137. The number of nitrogens with zero attached hydrogens (tertiary/aromatic N) is 1. The first-order chi connectivity index (χ1) is 11.5. The Bertz CT molecular complexity index is 630. The van der Waals surface area contributed by atoms with Crippen LogP contribution in [0.4, 0.5) is 4.79 Å². The van der Waals surface area contributed by atoms with Crippen LogP contribution in [0.25, 0.3) is 0 Å². The van der Waals surface area contributed by atoms with Crippen molar-refractivity contribution in [2.24, 2.45) is 5.92 Å². The van der Waals surface area contributed by atoms with E-state index >= 15 is 0 Å². The Labute approximate surface area is 147 Å². The van der Waals surface area contributed by atoms with Crippen LogP contribution in [0.2, 0.25) is 5.02 Å². The van der Waals surface area contributed by atoms with Gasteiger partial charge in [0.15, 0.2) is 0 Å². The predicted molar refractivity (Wildman–Crippen MR) is 92.2 cm³/mol. The Morgan fingerprint density at radius 2 is 1.96 bits per heavy atom. The van der Waals surface area contributed by atoms with Crippen LogP contribution in [0.3, 0.4) is 0 Å². The highest BCUT2D eigenvalue weighted by Crippen LogP contribution is 2.36. The number of amides is 3. The van der Waals surface area contributed by atoms with E-state index in [-0.39, 0.29) is 31.0 Å². The van der Waals surface area contributed by atoms with Gasteiger partial charge < -0.3 is 10.1 Å². The third-order valence-corrected chi connectivity index (χ3v) is 5.44. The molecule has 1 atom stereocenters. The molecule has 6 heteroatoms. The third kappa shape index (κ3) is 3.22. The average Bonchev–Trinajstić information content (AvgIpc) is 2.81. The van der Waals surface area contributed by atoms with E-state index in [1.165, 1.54) is 11.3 Å². The van der Waals surface area contributed by atoms with E-state index in [2.05, 4.69) is 5.32 Å². The topological polar surface area (TPSA) is 58.6 Å². The first-order valence-electron chi connectivity index (χ1n) is 8.54. The van der Waals surface area contributed by atoms with E-state index in [0.29, 0.717) is 10.8 Å². The highest BCUT2D eigenvalue weighted by molar-refractivity contribution is 6.32. The lowest BCUT2D eigenvalue weighted by molar-refractivity contribution is -0.133. The Morgan fingerprint density at radius 1 is 1.25 bits per heavy atom. The van der Waals surface area contributed by atoms with E-state index in [0.717, 1.165) is 25.7 Å². The first-order valence-corrected chi connectivity index (χ1v) is 8.91. The number of urea groups is 1. The molecule has 5 nitrogen and oxygen atoms in total. The van der Waals surface area contributed by atoms with E-state index in [9.17, 15) is 9.59 Å². The summed E-state index contributed by atoms with van der Waals surface area (Å²) < 4.78 is 5.60. The van der Waals surface area contributed by atoms with Crippen molar-refractivity contribution in [1.29, 1.82) is 0 Å². The maximum absolute atomic E-state index is 12.8. The summed E-state index contributed by atoms with van der Waals surface area (Å²) in [4.78, 5) is 26.3. The van der Waals surface area contributed by atoms with Crippen LogP contribution in [0.15, 0.2) is 24.3 Å². The molecule has 2 fully saturated rings. The second kappa shape index (κ2) is 7.01. The van der Waals surface area contributed by atoms with Crippen LogP contribution in [0.5, 0.6) is 5.75 Å².